The number of anilines is 2. The zero-order valence-electron chi connectivity index (χ0n) is 14.0. The van der Waals surface area contributed by atoms with E-state index in [-0.39, 0.29) is 17.4 Å². The molecular formula is C18H22N4O2. The average Bonchev–Trinajstić information content (AvgIpc) is 2.57. The van der Waals surface area contributed by atoms with Gasteiger partial charge in [-0.05, 0) is 43.0 Å². The van der Waals surface area contributed by atoms with Crippen LogP contribution < -0.4 is 10.6 Å². The first kappa shape index (κ1) is 17.5. The van der Waals surface area contributed by atoms with Crippen LogP contribution in [0.15, 0.2) is 36.0 Å². The quantitative estimate of drug-likeness (QED) is 0.524. The predicted molar refractivity (Wildman–Crippen MR) is 92.7 cm³/mol. The number of likely N-dealkylation sites (tertiary alicyclic amines) is 1. The number of nitrogen functional groups attached to an aromatic ring is 1. The van der Waals surface area contributed by atoms with E-state index in [1.165, 1.54) is 18.0 Å². The number of carbonyl (C=O) groups excluding carboxylic acids is 2. The molecule has 0 saturated carbocycles. The number of amides is 2. The molecule has 2 N–H and O–H groups in total. The van der Waals surface area contributed by atoms with Gasteiger partial charge < -0.3 is 10.6 Å². The van der Waals surface area contributed by atoms with Gasteiger partial charge in [0.1, 0.15) is 11.6 Å². The number of nitrogens with zero attached hydrogens (tertiary/aromatic N) is 3. The molecule has 1 fully saturated rings. The van der Waals surface area contributed by atoms with Gasteiger partial charge in [0.05, 0.1) is 0 Å². The van der Waals surface area contributed by atoms with Crippen LogP contribution in [0.2, 0.25) is 0 Å². The van der Waals surface area contributed by atoms with Crippen molar-refractivity contribution in [1.82, 2.24) is 4.90 Å². The summed E-state index contributed by atoms with van der Waals surface area (Å²) in [5.41, 5.74) is 6.74. The van der Waals surface area contributed by atoms with Crippen LogP contribution in [0.1, 0.15) is 26.7 Å². The minimum Gasteiger partial charge on any atom is -0.399 e. The number of nitriles is 1. The number of hydrogen-bond donors (Lipinski definition) is 1. The predicted octanol–water partition coefficient (Wildman–Crippen LogP) is 2.29. The summed E-state index contributed by atoms with van der Waals surface area (Å²) in [6.07, 6.45) is 3.17. The summed E-state index contributed by atoms with van der Waals surface area (Å²) in [5, 5.41) is 9.38. The molecule has 2 rings (SSSR count). The van der Waals surface area contributed by atoms with Gasteiger partial charge in [-0.3, -0.25) is 14.5 Å². The molecule has 1 heterocycles. The van der Waals surface area contributed by atoms with E-state index in [0.29, 0.717) is 30.4 Å². The zero-order chi connectivity index (χ0) is 17.7. The zero-order valence-corrected chi connectivity index (χ0v) is 14.0. The standard InChI is InChI=1S/C18H22N4O2/c1-13-7-9-21(10-8-13)18(24)15(11-19)12-22(14(2)23)17-5-3-16(20)4-6-17/h3-6,12-13H,7-10,20H2,1-2H3/b15-12-. The van der Waals surface area contributed by atoms with E-state index in [2.05, 4.69) is 6.92 Å². The lowest BCUT2D eigenvalue weighted by Gasteiger charge is -2.30. The largest absolute Gasteiger partial charge is 0.399 e. The molecule has 1 aromatic rings. The van der Waals surface area contributed by atoms with Crippen LogP contribution >= 0.6 is 0 Å². The van der Waals surface area contributed by atoms with Crippen molar-refractivity contribution in [1.29, 1.82) is 5.26 Å². The molecule has 1 aromatic carbocycles. The Morgan fingerprint density at radius 2 is 1.88 bits per heavy atom. The molecule has 2 amide bonds. The SMILES string of the molecule is CC(=O)N(/C=C(/C#N)C(=O)N1CCC(C)CC1)c1ccc(N)cc1. The first-order chi connectivity index (χ1) is 11.4. The minimum absolute atomic E-state index is 0.0448. The number of nitrogens with two attached hydrogens (primary N) is 1. The van der Waals surface area contributed by atoms with E-state index in [9.17, 15) is 14.9 Å². The Hall–Kier alpha value is -2.81. The fourth-order valence-corrected chi connectivity index (χ4v) is 2.63. The second-order valence-corrected chi connectivity index (χ2v) is 6.11. The smallest absolute Gasteiger partial charge is 0.266 e. The van der Waals surface area contributed by atoms with Crippen molar-refractivity contribution in [2.24, 2.45) is 5.92 Å². The van der Waals surface area contributed by atoms with Crippen molar-refractivity contribution >= 4 is 23.2 Å². The van der Waals surface area contributed by atoms with Gasteiger partial charge in [0.25, 0.3) is 5.91 Å². The number of rotatable bonds is 3. The lowest BCUT2D eigenvalue weighted by molar-refractivity contribution is -0.128. The Kier molecular flexibility index (Phi) is 5.59. The molecule has 0 aliphatic carbocycles. The summed E-state index contributed by atoms with van der Waals surface area (Å²) >= 11 is 0. The van der Waals surface area contributed by atoms with Crippen LogP contribution in [0.25, 0.3) is 0 Å². The van der Waals surface area contributed by atoms with Gasteiger partial charge >= 0.3 is 0 Å². The van der Waals surface area contributed by atoms with E-state index < -0.39 is 0 Å². The normalized spacial score (nSPS) is 15.7. The molecule has 126 valence electrons. The van der Waals surface area contributed by atoms with E-state index in [4.69, 9.17) is 5.73 Å². The molecule has 0 aromatic heterocycles. The van der Waals surface area contributed by atoms with Gasteiger partial charge in [-0.1, -0.05) is 6.92 Å². The highest BCUT2D eigenvalue weighted by atomic mass is 16.2. The summed E-state index contributed by atoms with van der Waals surface area (Å²) in [7, 11) is 0. The van der Waals surface area contributed by atoms with Crippen LogP contribution in [-0.2, 0) is 9.59 Å². The van der Waals surface area contributed by atoms with E-state index in [1.54, 1.807) is 29.2 Å². The molecular weight excluding hydrogens is 304 g/mol. The summed E-state index contributed by atoms with van der Waals surface area (Å²) < 4.78 is 0. The number of piperidine rings is 1. The van der Waals surface area contributed by atoms with Crippen molar-refractivity contribution in [2.45, 2.75) is 26.7 Å². The first-order valence-electron chi connectivity index (χ1n) is 7.99. The van der Waals surface area contributed by atoms with Crippen molar-refractivity contribution in [2.75, 3.05) is 23.7 Å². The van der Waals surface area contributed by atoms with Gasteiger partial charge in [-0.15, -0.1) is 0 Å². The molecule has 1 aliphatic rings. The highest BCUT2D eigenvalue weighted by molar-refractivity contribution is 6.01. The molecule has 24 heavy (non-hydrogen) atoms. The van der Waals surface area contributed by atoms with Crippen LogP contribution in [0.5, 0.6) is 0 Å². The molecule has 0 atom stereocenters. The lowest BCUT2D eigenvalue weighted by Crippen LogP contribution is -2.39. The Balaban J connectivity index is 2.25. The summed E-state index contributed by atoms with van der Waals surface area (Å²) in [4.78, 5) is 27.5. The van der Waals surface area contributed by atoms with Crippen molar-refractivity contribution in [3.8, 4) is 6.07 Å². The summed E-state index contributed by atoms with van der Waals surface area (Å²) in [6, 6.07) is 8.61. The third-order valence-electron chi connectivity index (χ3n) is 4.19. The van der Waals surface area contributed by atoms with E-state index >= 15 is 0 Å². The molecule has 1 saturated heterocycles. The average molecular weight is 326 g/mol. The van der Waals surface area contributed by atoms with Gasteiger partial charge in [-0.2, -0.15) is 5.26 Å². The molecule has 1 aliphatic heterocycles. The highest BCUT2D eigenvalue weighted by Gasteiger charge is 2.24. The third-order valence-corrected chi connectivity index (χ3v) is 4.19. The topological polar surface area (TPSA) is 90.4 Å². The second kappa shape index (κ2) is 7.64. The number of benzene rings is 1. The molecule has 0 unspecified atom stereocenters. The van der Waals surface area contributed by atoms with Crippen molar-refractivity contribution in [3.63, 3.8) is 0 Å². The molecule has 0 radical (unpaired) electrons. The Morgan fingerprint density at radius 3 is 2.38 bits per heavy atom. The molecule has 6 heteroatoms. The summed E-state index contributed by atoms with van der Waals surface area (Å²) in [5.74, 6) is -0.0225. The van der Waals surface area contributed by atoms with Gasteiger partial charge in [0.15, 0.2) is 0 Å². The van der Waals surface area contributed by atoms with Gasteiger partial charge in [0, 0.05) is 37.6 Å². The fraction of sp³-hybridized carbons (Fsp3) is 0.389. The maximum atomic E-state index is 12.6. The fourth-order valence-electron chi connectivity index (χ4n) is 2.63. The van der Waals surface area contributed by atoms with Crippen molar-refractivity contribution < 1.29 is 9.59 Å². The Labute approximate surface area is 142 Å². The van der Waals surface area contributed by atoms with Crippen molar-refractivity contribution in [3.05, 3.63) is 36.0 Å². The molecule has 6 nitrogen and oxygen atoms in total. The van der Waals surface area contributed by atoms with Gasteiger partial charge in [-0.25, -0.2) is 0 Å². The lowest BCUT2D eigenvalue weighted by atomic mass is 9.99. The van der Waals surface area contributed by atoms with Crippen LogP contribution in [-0.4, -0.2) is 29.8 Å². The third kappa shape index (κ3) is 4.13. The Morgan fingerprint density at radius 1 is 1.29 bits per heavy atom. The highest BCUT2D eigenvalue weighted by Crippen LogP contribution is 2.20. The Bertz CT molecular complexity index is 680. The maximum absolute atomic E-state index is 12.6. The molecule has 0 bridgehead atoms. The van der Waals surface area contributed by atoms with Crippen LogP contribution in [0.4, 0.5) is 11.4 Å². The van der Waals surface area contributed by atoms with E-state index in [1.807, 2.05) is 6.07 Å². The minimum atomic E-state index is -0.328. The maximum Gasteiger partial charge on any atom is 0.266 e. The number of carbonyl (C=O) groups is 2. The first-order valence-corrected chi connectivity index (χ1v) is 7.99. The molecule has 0 spiro atoms. The number of hydrogen-bond acceptors (Lipinski definition) is 4. The monoisotopic (exact) mass is 326 g/mol. The van der Waals surface area contributed by atoms with Crippen LogP contribution in [0, 0.1) is 17.2 Å². The van der Waals surface area contributed by atoms with Crippen LogP contribution in [0.3, 0.4) is 0 Å². The second-order valence-electron chi connectivity index (χ2n) is 6.11. The van der Waals surface area contributed by atoms with E-state index in [0.717, 1.165) is 12.8 Å². The van der Waals surface area contributed by atoms with Gasteiger partial charge in [0.2, 0.25) is 5.91 Å². The summed E-state index contributed by atoms with van der Waals surface area (Å²) in [6.45, 7) is 4.82.